The van der Waals surface area contributed by atoms with Gasteiger partial charge < -0.3 is 10.2 Å². The van der Waals surface area contributed by atoms with Crippen molar-refractivity contribution in [1.29, 1.82) is 0 Å². The molecule has 0 aliphatic heterocycles. The fourth-order valence-corrected chi connectivity index (χ4v) is 2.44. The molecule has 0 saturated heterocycles. The number of nitrogens with one attached hydrogen (secondary N) is 1. The molecular formula is C15H24N2. The minimum Gasteiger partial charge on any atom is -0.314 e. The monoisotopic (exact) mass is 232 g/mol. The summed E-state index contributed by atoms with van der Waals surface area (Å²) in [4.78, 5) is 2.25. The first-order chi connectivity index (χ1) is 8.16. The zero-order valence-corrected chi connectivity index (χ0v) is 11.2. The second kappa shape index (κ2) is 5.65. The van der Waals surface area contributed by atoms with Crippen LogP contribution in [0.1, 0.15) is 30.4 Å². The number of benzene rings is 1. The van der Waals surface area contributed by atoms with Crippen molar-refractivity contribution in [2.75, 3.05) is 27.2 Å². The molecular weight excluding hydrogens is 208 g/mol. The van der Waals surface area contributed by atoms with Gasteiger partial charge in [-0.1, -0.05) is 24.3 Å². The van der Waals surface area contributed by atoms with Crippen molar-refractivity contribution in [3.8, 4) is 0 Å². The maximum Gasteiger partial charge on any atom is 0.00511 e. The average Bonchev–Trinajstić information content (AvgIpc) is 2.27. The molecule has 2 nitrogen and oxygen atoms in total. The van der Waals surface area contributed by atoms with Gasteiger partial charge in [0.2, 0.25) is 0 Å². The Morgan fingerprint density at radius 3 is 2.82 bits per heavy atom. The van der Waals surface area contributed by atoms with Crippen molar-refractivity contribution in [3.63, 3.8) is 0 Å². The molecule has 0 aromatic heterocycles. The molecule has 0 bridgehead atoms. The number of nitrogens with zero attached hydrogens (tertiary/aromatic N) is 1. The minimum atomic E-state index is 0.616. The lowest BCUT2D eigenvalue weighted by Gasteiger charge is -2.31. The van der Waals surface area contributed by atoms with Gasteiger partial charge >= 0.3 is 0 Å². The Kier molecular flexibility index (Phi) is 4.19. The molecule has 2 heteroatoms. The molecule has 0 spiro atoms. The van der Waals surface area contributed by atoms with Gasteiger partial charge in [0.05, 0.1) is 0 Å². The highest BCUT2D eigenvalue weighted by Gasteiger charge is 2.25. The minimum absolute atomic E-state index is 0.616. The molecule has 1 N–H and O–H groups in total. The predicted molar refractivity (Wildman–Crippen MR) is 73.5 cm³/mol. The van der Waals surface area contributed by atoms with Crippen LogP contribution >= 0.6 is 0 Å². The fraction of sp³-hybridized carbons (Fsp3) is 0.600. The maximum absolute atomic E-state index is 3.65. The molecule has 0 radical (unpaired) electrons. The van der Waals surface area contributed by atoms with E-state index in [9.17, 15) is 0 Å². The van der Waals surface area contributed by atoms with Crippen molar-refractivity contribution < 1.29 is 0 Å². The Balaban J connectivity index is 1.70. The van der Waals surface area contributed by atoms with E-state index in [1.807, 2.05) is 0 Å². The molecule has 1 aliphatic rings. The van der Waals surface area contributed by atoms with Gasteiger partial charge in [-0.05, 0) is 51.5 Å². The zero-order chi connectivity index (χ0) is 12.3. The van der Waals surface area contributed by atoms with Gasteiger partial charge in [-0.3, -0.25) is 0 Å². The molecule has 17 heavy (non-hydrogen) atoms. The summed E-state index contributed by atoms with van der Waals surface area (Å²) in [5.41, 5.74) is 3.10. The third-order valence-corrected chi connectivity index (χ3v) is 3.68. The lowest BCUT2D eigenvalue weighted by molar-refractivity contribution is 0.360. The van der Waals surface area contributed by atoms with E-state index in [0.717, 1.165) is 19.0 Å². The first-order valence-corrected chi connectivity index (χ1v) is 6.62. The van der Waals surface area contributed by atoms with Crippen LogP contribution in [-0.4, -0.2) is 38.1 Å². The molecule has 2 atom stereocenters. The third-order valence-electron chi connectivity index (χ3n) is 3.68. The Labute approximate surface area is 105 Å². The third kappa shape index (κ3) is 3.30. The second-order valence-electron chi connectivity index (χ2n) is 5.50. The second-order valence-corrected chi connectivity index (χ2v) is 5.50. The van der Waals surface area contributed by atoms with Gasteiger partial charge in [0.15, 0.2) is 0 Å². The van der Waals surface area contributed by atoms with Crippen molar-refractivity contribution in [1.82, 2.24) is 10.2 Å². The fourth-order valence-electron chi connectivity index (χ4n) is 2.44. The van der Waals surface area contributed by atoms with Crippen LogP contribution in [0.5, 0.6) is 0 Å². The molecule has 1 aliphatic carbocycles. The van der Waals surface area contributed by atoms with E-state index < -0.39 is 0 Å². The smallest absolute Gasteiger partial charge is 0.00511 e. The van der Waals surface area contributed by atoms with E-state index in [-0.39, 0.29) is 0 Å². The van der Waals surface area contributed by atoms with Gasteiger partial charge in [-0.15, -0.1) is 0 Å². The summed E-state index contributed by atoms with van der Waals surface area (Å²) >= 11 is 0. The first-order valence-electron chi connectivity index (χ1n) is 6.62. The lowest BCUT2D eigenvalue weighted by atomic mass is 9.77. The van der Waals surface area contributed by atoms with Crippen molar-refractivity contribution in [2.24, 2.45) is 0 Å². The summed E-state index contributed by atoms with van der Waals surface area (Å²) in [6.07, 6.45) is 2.48. The average molecular weight is 232 g/mol. The molecule has 1 aromatic rings. The van der Waals surface area contributed by atoms with Crippen LogP contribution < -0.4 is 5.32 Å². The normalized spacial score (nSPS) is 19.9. The highest BCUT2D eigenvalue weighted by atomic mass is 15.1. The van der Waals surface area contributed by atoms with Gasteiger partial charge in [-0.2, -0.15) is 0 Å². The van der Waals surface area contributed by atoms with Crippen LogP contribution in [0.2, 0.25) is 0 Å². The Hall–Kier alpha value is -0.860. The van der Waals surface area contributed by atoms with Crippen LogP contribution in [0.15, 0.2) is 24.3 Å². The largest absolute Gasteiger partial charge is 0.314 e. The topological polar surface area (TPSA) is 15.3 Å². The quantitative estimate of drug-likeness (QED) is 0.809. The summed E-state index contributed by atoms with van der Waals surface area (Å²) in [6, 6.07) is 9.43. The predicted octanol–water partition coefficient (Wildman–Crippen LogP) is 2.26. The van der Waals surface area contributed by atoms with Crippen molar-refractivity contribution in [3.05, 3.63) is 35.4 Å². The Morgan fingerprint density at radius 1 is 1.35 bits per heavy atom. The molecule has 0 saturated carbocycles. The van der Waals surface area contributed by atoms with Crippen LogP contribution in [0, 0.1) is 0 Å². The Morgan fingerprint density at radius 2 is 2.12 bits per heavy atom. The van der Waals surface area contributed by atoms with E-state index >= 15 is 0 Å². The van der Waals surface area contributed by atoms with Crippen LogP contribution in [0.4, 0.5) is 0 Å². The molecule has 2 unspecified atom stereocenters. The highest BCUT2D eigenvalue weighted by molar-refractivity contribution is 5.40. The van der Waals surface area contributed by atoms with Gasteiger partial charge in [0.1, 0.15) is 0 Å². The van der Waals surface area contributed by atoms with E-state index in [2.05, 4.69) is 55.5 Å². The summed E-state index contributed by atoms with van der Waals surface area (Å²) in [5.74, 6) is 0.744. The standard InChI is InChI=1S/C15H24N2/c1-12(8-9-17(2)3)16-11-14-10-13-6-4-5-7-15(13)14/h4-7,12,14,16H,8-11H2,1-3H3. The highest BCUT2D eigenvalue weighted by Crippen LogP contribution is 2.34. The number of hydrogen-bond donors (Lipinski definition) is 1. The van der Waals surface area contributed by atoms with E-state index in [4.69, 9.17) is 0 Å². The molecule has 0 fully saturated rings. The van der Waals surface area contributed by atoms with Crippen LogP contribution in [-0.2, 0) is 6.42 Å². The van der Waals surface area contributed by atoms with Crippen molar-refractivity contribution >= 4 is 0 Å². The summed E-state index contributed by atoms with van der Waals surface area (Å²) in [5, 5.41) is 3.65. The van der Waals surface area contributed by atoms with Gasteiger partial charge in [0.25, 0.3) is 0 Å². The van der Waals surface area contributed by atoms with Gasteiger partial charge in [-0.25, -0.2) is 0 Å². The molecule has 0 heterocycles. The molecule has 0 amide bonds. The zero-order valence-electron chi connectivity index (χ0n) is 11.2. The number of rotatable bonds is 6. The maximum atomic E-state index is 3.65. The lowest BCUT2D eigenvalue weighted by Crippen LogP contribution is -2.36. The summed E-state index contributed by atoms with van der Waals surface area (Å²) in [7, 11) is 4.27. The van der Waals surface area contributed by atoms with E-state index in [0.29, 0.717) is 6.04 Å². The SMILES string of the molecule is CC(CCN(C)C)NCC1Cc2ccccc21. The summed E-state index contributed by atoms with van der Waals surface area (Å²) in [6.45, 7) is 4.58. The Bertz CT molecular complexity index is 360. The number of fused-ring (bicyclic) bond motifs is 1. The molecule has 94 valence electrons. The van der Waals surface area contributed by atoms with Crippen molar-refractivity contribution in [2.45, 2.75) is 31.7 Å². The van der Waals surface area contributed by atoms with E-state index in [1.165, 1.54) is 12.8 Å². The van der Waals surface area contributed by atoms with Crippen LogP contribution in [0.3, 0.4) is 0 Å². The first kappa shape index (κ1) is 12.6. The van der Waals surface area contributed by atoms with Gasteiger partial charge in [0, 0.05) is 18.5 Å². The number of hydrogen-bond acceptors (Lipinski definition) is 2. The summed E-state index contributed by atoms with van der Waals surface area (Å²) < 4.78 is 0. The van der Waals surface area contributed by atoms with Crippen LogP contribution in [0.25, 0.3) is 0 Å². The molecule has 1 aromatic carbocycles. The van der Waals surface area contributed by atoms with E-state index in [1.54, 1.807) is 11.1 Å². The molecule has 2 rings (SSSR count).